The number of anilines is 1. The van der Waals surface area contributed by atoms with Crippen molar-refractivity contribution >= 4 is 23.3 Å². The molecule has 5 rings (SSSR count). The van der Waals surface area contributed by atoms with E-state index in [9.17, 15) is 14.3 Å². The first-order valence-electron chi connectivity index (χ1n) is 11.1. The number of aromatic hydroxyl groups is 1. The Balaban J connectivity index is 1.74. The molecule has 1 aromatic heterocycles. The Kier molecular flexibility index (Phi) is 5.80. The Hall–Kier alpha value is -2.62. The molecule has 2 saturated heterocycles. The third kappa shape index (κ3) is 3.59. The van der Waals surface area contributed by atoms with E-state index in [-0.39, 0.29) is 64.0 Å². The van der Waals surface area contributed by atoms with Gasteiger partial charge in [0.2, 0.25) is 0 Å². The zero-order valence-corrected chi connectivity index (χ0v) is 19.2. The number of nitrogens with zero attached hydrogens (tertiary/aromatic N) is 3. The number of piperazine rings is 1. The molecule has 2 fully saturated rings. The summed E-state index contributed by atoms with van der Waals surface area (Å²) in [4.78, 5) is 22.3. The van der Waals surface area contributed by atoms with E-state index in [1.165, 1.54) is 18.2 Å². The van der Waals surface area contributed by atoms with Crippen molar-refractivity contribution in [1.82, 2.24) is 15.2 Å². The highest BCUT2D eigenvalue weighted by Crippen LogP contribution is 2.46. The van der Waals surface area contributed by atoms with Crippen molar-refractivity contribution in [3.8, 4) is 22.8 Å². The number of carbonyl (C=O) groups excluding carboxylic acids is 1. The highest BCUT2D eigenvalue weighted by atomic mass is 35.5. The number of phenolic OH excluding ortho intramolecular Hbond substituents is 1. The Morgan fingerprint density at radius 1 is 1.30 bits per heavy atom. The quantitative estimate of drug-likeness (QED) is 0.704. The van der Waals surface area contributed by atoms with Crippen LogP contribution in [0.15, 0.2) is 18.2 Å². The molecule has 3 aliphatic rings. The number of ether oxygens (including phenoxy) is 2. The lowest BCUT2D eigenvalue weighted by atomic mass is 10.0. The first-order valence-corrected chi connectivity index (χ1v) is 11.5. The van der Waals surface area contributed by atoms with Gasteiger partial charge in [-0.2, -0.15) is 0 Å². The lowest BCUT2D eigenvalue weighted by molar-refractivity contribution is 0.0606. The van der Waals surface area contributed by atoms with Crippen molar-refractivity contribution in [2.75, 3.05) is 44.8 Å². The second-order valence-electron chi connectivity index (χ2n) is 8.60. The van der Waals surface area contributed by atoms with Crippen LogP contribution in [0.3, 0.4) is 0 Å². The van der Waals surface area contributed by atoms with E-state index in [2.05, 4.69) is 5.32 Å². The summed E-state index contributed by atoms with van der Waals surface area (Å²) in [5, 5.41) is 13.7. The zero-order valence-electron chi connectivity index (χ0n) is 18.5. The monoisotopic (exact) mass is 476 g/mol. The maximum Gasteiger partial charge on any atom is 0.261 e. The molecule has 33 heavy (non-hydrogen) atoms. The highest BCUT2D eigenvalue weighted by Gasteiger charge is 2.41. The number of halogens is 2. The van der Waals surface area contributed by atoms with Gasteiger partial charge in [0, 0.05) is 33.3 Å². The minimum Gasteiger partial charge on any atom is -0.507 e. The number of nitrogens with one attached hydrogen (secondary N) is 1. The van der Waals surface area contributed by atoms with Crippen LogP contribution in [0.4, 0.5) is 10.2 Å². The van der Waals surface area contributed by atoms with Crippen molar-refractivity contribution in [3.63, 3.8) is 0 Å². The predicted octanol–water partition coefficient (Wildman–Crippen LogP) is 2.67. The van der Waals surface area contributed by atoms with Crippen LogP contribution in [0.25, 0.3) is 11.3 Å². The van der Waals surface area contributed by atoms with E-state index in [1.807, 2.05) is 11.8 Å². The molecule has 3 aliphatic heterocycles. The molecule has 0 saturated carbocycles. The average Bonchev–Trinajstić information content (AvgIpc) is 3.11. The molecule has 8 nitrogen and oxygen atoms in total. The fourth-order valence-corrected chi connectivity index (χ4v) is 5.29. The maximum atomic E-state index is 14.8. The Morgan fingerprint density at radius 2 is 2.12 bits per heavy atom. The largest absolute Gasteiger partial charge is 0.507 e. The maximum absolute atomic E-state index is 14.8. The van der Waals surface area contributed by atoms with Crippen LogP contribution in [0.2, 0.25) is 5.02 Å². The summed E-state index contributed by atoms with van der Waals surface area (Å²) in [7, 11) is 1.66. The van der Waals surface area contributed by atoms with Gasteiger partial charge in [0.15, 0.2) is 5.75 Å². The lowest BCUT2D eigenvalue weighted by Crippen LogP contribution is -2.55. The van der Waals surface area contributed by atoms with Crippen LogP contribution in [-0.2, 0) is 4.74 Å². The van der Waals surface area contributed by atoms with Crippen LogP contribution in [0.5, 0.6) is 11.5 Å². The van der Waals surface area contributed by atoms with E-state index in [0.717, 1.165) is 6.42 Å². The Labute approximate surface area is 196 Å². The number of hydrogen-bond donors (Lipinski definition) is 2. The molecule has 1 amide bonds. The van der Waals surface area contributed by atoms with Gasteiger partial charge in [0.25, 0.3) is 5.91 Å². The molecular weight excluding hydrogens is 451 g/mol. The Bertz CT molecular complexity index is 1080. The first-order chi connectivity index (χ1) is 15.9. The number of aromatic nitrogens is 1. The fourth-order valence-electron chi connectivity index (χ4n) is 5.00. The van der Waals surface area contributed by atoms with E-state index in [4.69, 9.17) is 26.1 Å². The van der Waals surface area contributed by atoms with Crippen LogP contribution in [-0.4, -0.2) is 79.0 Å². The van der Waals surface area contributed by atoms with Crippen molar-refractivity contribution in [2.24, 2.45) is 0 Å². The fraction of sp³-hybridized carbons (Fsp3) is 0.478. The number of rotatable bonds is 3. The number of methoxy groups -OCH3 is 1. The highest BCUT2D eigenvalue weighted by molar-refractivity contribution is 6.35. The van der Waals surface area contributed by atoms with Gasteiger partial charge in [-0.3, -0.25) is 4.79 Å². The van der Waals surface area contributed by atoms with Crippen molar-refractivity contribution < 1.29 is 23.8 Å². The van der Waals surface area contributed by atoms with Gasteiger partial charge in [-0.1, -0.05) is 17.7 Å². The smallest absolute Gasteiger partial charge is 0.261 e. The number of fused-ring (bicyclic) bond motifs is 2. The molecule has 2 aromatic rings. The molecule has 0 aliphatic carbocycles. The van der Waals surface area contributed by atoms with E-state index >= 15 is 0 Å². The molecule has 1 aromatic carbocycles. The molecule has 0 radical (unpaired) electrons. The van der Waals surface area contributed by atoms with Gasteiger partial charge in [0.05, 0.1) is 23.8 Å². The number of hydrogen-bond acceptors (Lipinski definition) is 7. The standard InChI is InChI=1S/C23H26ClFN4O4/c1-12-16(32-2)6-8-28(12)22-18-21(33-11-13-10-26-7-9-29(13)23(18)31)19(24)20(27-22)17-14(25)4-3-5-15(17)30/h3-5,12-13,16,26,30H,6-11H2,1-2H3/t12-,13+,16+/m0/s1. The number of pyridine rings is 1. The molecule has 4 heterocycles. The third-order valence-electron chi connectivity index (χ3n) is 6.81. The minimum absolute atomic E-state index is 0.00504. The van der Waals surface area contributed by atoms with Crippen molar-refractivity contribution in [1.29, 1.82) is 0 Å². The van der Waals surface area contributed by atoms with Crippen molar-refractivity contribution in [2.45, 2.75) is 31.5 Å². The molecule has 0 spiro atoms. The second kappa shape index (κ2) is 8.62. The summed E-state index contributed by atoms with van der Waals surface area (Å²) in [5.41, 5.74) is 0.189. The number of benzene rings is 1. The lowest BCUT2D eigenvalue weighted by Gasteiger charge is -2.34. The molecule has 2 N–H and O–H groups in total. The normalized spacial score (nSPS) is 24.8. The van der Waals surface area contributed by atoms with Crippen LogP contribution in [0, 0.1) is 5.82 Å². The molecule has 0 bridgehead atoms. The second-order valence-corrected chi connectivity index (χ2v) is 8.98. The van der Waals surface area contributed by atoms with Gasteiger partial charge < -0.3 is 29.7 Å². The molecule has 10 heteroatoms. The summed E-state index contributed by atoms with van der Waals surface area (Å²) < 4.78 is 26.5. The molecular formula is C23H26ClFN4O4. The average molecular weight is 477 g/mol. The van der Waals surface area contributed by atoms with Crippen molar-refractivity contribution in [3.05, 3.63) is 34.6 Å². The van der Waals surface area contributed by atoms with Gasteiger partial charge in [-0.05, 0) is 25.5 Å². The van der Waals surface area contributed by atoms with Gasteiger partial charge >= 0.3 is 0 Å². The van der Waals surface area contributed by atoms with Crippen LogP contribution >= 0.6 is 11.6 Å². The van der Waals surface area contributed by atoms with E-state index < -0.39 is 5.82 Å². The van der Waals surface area contributed by atoms with E-state index in [1.54, 1.807) is 12.0 Å². The molecule has 176 valence electrons. The van der Waals surface area contributed by atoms with Gasteiger partial charge in [0.1, 0.15) is 40.3 Å². The topological polar surface area (TPSA) is 87.2 Å². The summed E-state index contributed by atoms with van der Waals surface area (Å²) in [5.74, 6) is -0.631. The van der Waals surface area contributed by atoms with Crippen LogP contribution < -0.4 is 15.0 Å². The SMILES string of the molecule is CO[C@@H]1CCN(c2nc(-c3c(O)cccc3F)c(Cl)c3c2C(=O)N2CCNC[C@@H]2CO3)[C@H]1C. The van der Waals surface area contributed by atoms with Gasteiger partial charge in [-0.15, -0.1) is 0 Å². The predicted molar refractivity (Wildman–Crippen MR) is 122 cm³/mol. The molecule has 3 atom stereocenters. The first kappa shape index (κ1) is 22.2. The summed E-state index contributed by atoms with van der Waals surface area (Å²) in [6.07, 6.45) is 0.708. The number of carbonyl (C=O) groups is 1. The summed E-state index contributed by atoms with van der Waals surface area (Å²) >= 11 is 6.72. The Morgan fingerprint density at radius 3 is 2.85 bits per heavy atom. The van der Waals surface area contributed by atoms with Crippen LogP contribution in [0.1, 0.15) is 23.7 Å². The molecule has 0 unspecified atom stereocenters. The summed E-state index contributed by atoms with van der Waals surface area (Å²) in [6, 6.07) is 3.78. The number of amides is 1. The van der Waals surface area contributed by atoms with E-state index in [0.29, 0.717) is 32.0 Å². The van der Waals surface area contributed by atoms with Gasteiger partial charge in [-0.25, -0.2) is 9.37 Å². The summed E-state index contributed by atoms with van der Waals surface area (Å²) in [6.45, 7) is 4.67. The number of phenols is 1. The third-order valence-corrected chi connectivity index (χ3v) is 7.16. The minimum atomic E-state index is -0.666. The zero-order chi connectivity index (χ0) is 23.3.